The zero-order chi connectivity index (χ0) is 66.0. The Bertz CT molecular complexity index is 5200. The van der Waals surface area contributed by atoms with Crippen molar-refractivity contribution in [2.75, 3.05) is 4.90 Å². The van der Waals surface area contributed by atoms with Crippen LogP contribution in [0.5, 0.6) is 0 Å². The maximum absolute atomic E-state index is 10.4. The maximum Gasteiger partial charge on any atom is 0.247 e. The quantitative estimate of drug-likeness (QED) is 0.161. The first kappa shape index (κ1) is 50.9. The van der Waals surface area contributed by atoms with Crippen molar-refractivity contribution in [1.82, 2.24) is 4.57 Å². The molecule has 15 rings (SSSR count). The van der Waals surface area contributed by atoms with Gasteiger partial charge in [0.25, 0.3) is 0 Å². The number of fused-ring (bicyclic) bond motifs is 13. The van der Waals surface area contributed by atoms with Gasteiger partial charge in [-0.2, -0.15) is 5.26 Å². The third-order valence-corrected chi connectivity index (χ3v) is 20.4. The molecule has 0 fully saturated rings. The van der Waals surface area contributed by atoms with Crippen LogP contribution >= 0.6 is 11.8 Å². The molecule has 0 saturated carbocycles. The Morgan fingerprint density at radius 1 is 0.427 bits per heavy atom. The van der Waals surface area contributed by atoms with Gasteiger partial charge in [-0.25, -0.2) is 0 Å². The molecule has 4 heterocycles. The summed E-state index contributed by atoms with van der Waals surface area (Å²) < 4.78 is 48.1. The lowest BCUT2D eigenvalue weighted by Crippen LogP contribution is -2.65. The highest BCUT2D eigenvalue weighted by Gasteiger charge is 2.54. The highest BCUT2D eigenvalue weighted by atomic mass is 32.2. The summed E-state index contributed by atoms with van der Waals surface area (Å²) in [6.45, 7) is 26.9. The first-order chi connectivity index (χ1) is 44.7. The summed E-state index contributed by atoms with van der Waals surface area (Å²) in [5.74, 6) is 0. The standard InChI is InChI=1S/C84H74BN3S/c1-80(2,3)58-26-20-24-54(43-58)57-46-69-79-76(47-57)88(72-40-34-60(82(7,8)9)48-63(72)56-25-21-27-59(44-56)81(4,5)6)75-50-62(87-73-39-32-52(51-86)42-64(73)65-49-61(83(10,11)12)35-41-74(65)87)36-38-71(75)85(79)70-37-33-55(53-22-14-13-15-23-53)45-68(70)84(69)66-28-16-18-30-77(66)89-78-31-19-17-29-67(78)84/h13-50H,1-12H3/i13D,14D,15D,22D,23D. The van der Waals surface area contributed by atoms with Crippen LogP contribution in [0, 0.1) is 11.3 Å². The predicted octanol–water partition coefficient (Wildman–Crippen LogP) is 20.3. The van der Waals surface area contributed by atoms with Gasteiger partial charge in [-0.3, -0.25) is 0 Å². The van der Waals surface area contributed by atoms with Gasteiger partial charge in [0.05, 0.1) is 40.6 Å². The number of nitrogens with zero attached hydrogens (tertiary/aromatic N) is 3. The molecule has 0 amide bonds. The summed E-state index contributed by atoms with van der Waals surface area (Å²) in [7, 11) is 0. The highest BCUT2D eigenvalue weighted by molar-refractivity contribution is 7.99. The van der Waals surface area contributed by atoms with Gasteiger partial charge in [0.15, 0.2) is 0 Å². The van der Waals surface area contributed by atoms with Gasteiger partial charge in [0.1, 0.15) is 0 Å². The molecule has 0 saturated heterocycles. The third-order valence-electron chi connectivity index (χ3n) is 19.2. The van der Waals surface area contributed by atoms with Crippen molar-refractivity contribution < 1.29 is 6.85 Å². The summed E-state index contributed by atoms with van der Waals surface area (Å²) in [6.07, 6.45) is 0. The van der Waals surface area contributed by atoms with Crippen molar-refractivity contribution >= 4 is 73.7 Å². The second-order valence-electron chi connectivity index (χ2n) is 28.9. The maximum atomic E-state index is 10.4. The molecule has 12 aromatic rings. The lowest BCUT2D eigenvalue weighted by Gasteiger charge is -2.51. The minimum absolute atomic E-state index is 0.126. The van der Waals surface area contributed by atoms with Crippen LogP contribution in [0.3, 0.4) is 0 Å². The Hall–Kier alpha value is -9.08. The summed E-state index contributed by atoms with van der Waals surface area (Å²) >= 11 is 1.78. The second-order valence-corrected chi connectivity index (χ2v) is 30.0. The Morgan fingerprint density at radius 3 is 1.65 bits per heavy atom. The van der Waals surface area contributed by atoms with Gasteiger partial charge in [0, 0.05) is 43.2 Å². The minimum atomic E-state index is -1.02. The molecule has 11 aromatic carbocycles. The Balaban J connectivity index is 1.14. The van der Waals surface area contributed by atoms with Crippen molar-refractivity contribution in [2.24, 2.45) is 0 Å². The monoisotopic (exact) mass is 1170 g/mol. The van der Waals surface area contributed by atoms with E-state index >= 15 is 0 Å². The van der Waals surface area contributed by atoms with Gasteiger partial charge in [-0.1, -0.05) is 252 Å². The number of rotatable bonds is 5. The van der Waals surface area contributed by atoms with Crippen molar-refractivity contribution in [1.29, 1.82) is 5.26 Å². The molecule has 434 valence electrons. The lowest BCUT2D eigenvalue weighted by atomic mass is 9.29. The van der Waals surface area contributed by atoms with Crippen LogP contribution in [0.4, 0.5) is 17.1 Å². The van der Waals surface area contributed by atoms with Crippen molar-refractivity contribution in [3.05, 3.63) is 280 Å². The van der Waals surface area contributed by atoms with Crippen LogP contribution in [0.25, 0.3) is 60.9 Å². The SMILES string of the molecule is [2H]c1c([2H])c([2H])c(-c2ccc3c(c2)C2(c4ccccc4Sc4ccccc42)c2cc(-c4cccc(C(C)(C)C)c4)cc4c2B3c2ccc(-n3c5ccc(C#N)cc5c5cc(C(C)(C)C)ccc53)cc2N4c2ccc(C(C)(C)C)cc2-c2cccc(C(C)(C)C)c2)c([2H])c1[2H]. The fourth-order valence-electron chi connectivity index (χ4n) is 14.6. The third kappa shape index (κ3) is 8.99. The van der Waals surface area contributed by atoms with Crippen molar-refractivity contribution in [3.63, 3.8) is 0 Å². The lowest BCUT2D eigenvalue weighted by molar-refractivity contribution is 0.589. The Labute approximate surface area is 537 Å². The molecule has 1 aromatic heterocycles. The normalized spacial score (nSPS) is 14.8. The van der Waals surface area contributed by atoms with E-state index in [1.807, 2.05) is 18.2 Å². The largest absolute Gasteiger partial charge is 0.311 e. The van der Waals surface area contributed by atoms with Gasteiger partial charge in [0.2, 0.25) is 6.71 Å². The molecular weight excluding hydrogens is 1090 g/mol. The van der Waals surface area contributed by atoms with Gasteiger partial charge in [-0.05, 0) is 184 Å². The number of hydrogen-bond acceptors (Lipinski definition) is 3. The molecule has 5 heteroatoms. The average Bonchev–Trinajstić information content (AvgIpc) is 0.764. The van der Waals surface area contributed by atoms with Crippen LogP contribution < -0.4 is 21.3 Å². The van der Waals surface area contributed by atoms with Crippen LogP contribution in [0.1, 0.15) is 140 Å². The Kier molecular flexibility index (Phi) is 11.6. The number of benzene rings is 11. The van der Waals surface area contributed by atoms with E-state index in [0.29, 0.717) is 11.1 Å². The second kappa shape index (κ2) is 20.2. The molecule has 1 spiro atoms. The first-order valence-corrected chi connectivity index (χ1v) is 32.0. The fourth-order valence-corrected chi connectivity index (χ4v) is 15.8. The average molecular weight is 1170 g/mol. The molecular formula is C84H74BN3S. The topological polar surface area (TPSA) is 32.0 Å². The number of hydrogen-bond donors (Lipinski definition) is 0. The summed E-state index contributed by atoms with van der Waals surface area (Å²) in [5.41, 5.74) is 22.7. The van der Waals surface area contributed by atoms with Gasteiger partial charge in [-0.15, -0.1) is 0 Å². The first-order valence-electron chi connectivity index (χ1n) is 33.7. The zero-order valence-electron chi connectivity index (χ0n) is 57.9. The van der Waals surface area contributed by atoms with E-state index in [9.17, 15) is 8.00 Å². The van der Waals surface area contributed by atoms with E-state index in [4.69, 9.17) is 4.11 Å². The number of aromatic nitrogens is 1. The predicted molar refractivity (Wildman–Crippen MR) is 378 cm³/mol. The van der Waals surface area contributed by atoms with Crippen LogP contribution in [0.15, 0.2) is 240 Å². The molecule has 0 N–H and O–H groups in total. The number of anilines is 3. The van der Waals surface area contributed by atoms with Crippen molar-refractivity contribution in [3.8, 4) is 45.1 Å². The van der Waals surface area contributed by atoms with E-state index in [2.05, 4.69) is 281 Å². The molecule has 0 radical (unpaired) electrons. The van der Waals surface area contributed by atoms with Crippen LogP contribution in [-0.4, -0.2) is 11.3 Å². The molecule has 3 aliphatic rings. The summed E-state index contributed by atoms with van der Waals surface area (Å²) in [6, 6.07) is 75.0. The Morgan fingerprint density at radius 2 is 0.989 bits per heavy atom. The molecule has 0 bridgehead atoms. The summed E-state index contributed by atoms with van der Waals surface area (Å²) in [4.78, 5) is 4.82. The molecule has 89 heavy (non-hydrogen) atoms. The molecule has 3 aliphatic heterocycles. The van der Waals surface area contributed by atoms with Crippen LogP contribution in [0.2, 0.25) is 0 Å². The molecule has 0 aliphatic carbocycles. The van der Waals surface area contributed by atoms with E-state index in [0.717, 1.165) is 110 Å². The molecule has 0 unspecified atom stereocenters. The molecule has 3 nitrogen and oxygen atoms in total. The van der Waals surface area contributed by atoms with E-state index in [1.165, 1.54) is 27.7 Å². The fraction of sp³-hybridized carbons (Fsp3) is 0.202. The van der Waals surface area contributed by atoms with E-state index in [-0.39, 0.29) is 58.1 Å². The molecule has 0 atom stereocenters. The van der Waals surface area contributed by atoms with Gasteiger partial charge >= 0.3 is 0 Å². The van der Waals surface area contributed by atoms with Crippen molar-refractivity contribution in [2.45, 2.75) is 120 Å². The van der Waals surface area contributed by atoms with E-state index < -0.39 is 11.5 Å². The van der Waals surface area contributed by atoms with Crippen LogP contribution in [-0.2, 0) is 27.1 Å². The summed E-state index contributed by atoms with van der Waals surface area (Å²) in [5, 5.41) is 12.5. The minimum Gasteiger partial charge on any atom is -0.311 e. The van der Waals surface area contributed by atoms with E-state index in [1.54, 1.807) is 11.8 Å². The zero-order valence-corrected chi connectivity index (χ0v) is 53.7. The smallest absolute Gasteiger partial charge is 0.247 e. The number of nitriles is 1. The highest BCUT2D eigenvalue weighted by Crippen LogP contribution is 2.59. The van der Waals surface area contributed by atoms with Gasteiger partial charge < -0.3 is 9.47 Å².